The van der Waals surface area contributed by atoms with E-state index in [2.05, 4.69) is 33.6 Å². The van der Waals surface area contributed by atoms with Crippen LogP contribution < -0.4 is 4.90 Å². The Morgan fingerprint density at radius 2 is 1.67 bits per heavy atom. The van der Waals surface area contributed by atoms with Crippen molar-refractivity contribution in [1.82, 2.24) is 14.9 Å². The lowest BCUT2D eigenvalue weighted by molar-refractivity contribution is 0.208. The predicted octanol–water partition coefficient (Wildman–Crippen LogP) is 1.01. The zero-order valence-electron chi connectivity index (χ0n) is 9.43. The summed E-state index contributed by atoms with van der Waals surface area (Å²) in [4.78, 5) is 13.3. The van der Waals surface area contributed by atoms with Gasteiger partial charge in [-0.25, -0.2) is 9.97 Å². The lowest BCUT2D eigenvalue weighted by Crippen LogP contribution is -2.49. The van der Waals surface area contributed by atoms with E-state index < -0.39 is 0 Å². The molecular formula is C11H18N4. The van der Waals surface area contributed by atoms with Crippen LogP contribution in [0.2, 0.25) is 0 Å². The Balaban J connectivity index is 1.94. The van der Waals surface area contributed by atoms with Crippen LogP contribution in [0.5, 0.6) is 0 Å². The monoisotopic (exact) mass is 206 g/mol. The highest BCUT2D eigenvalue weighted by Gasteiger charge is 2.19. The SMILES string of the molecule is CC(C)N1CCN(c2ncccn2)CC1. The molecule has 0 aromatic carbocycles. The summed E-state index contributed by atoms with van der Waals surface area (Å²) in [6.07, 6.45) is 3.61. The van der Waals surface area contributed by atoms with Crippen LogP contribution in [-0.2, 0) is 0 Å². The third-order valence-corrected chi connectivity index (χ3v) is 2.88. The minimum absolute atomic E-state index is 0.642. The van der Waals surface area contributed by atoms with Gasteiger partial charge in [-0.1, -0.05) is 0 Å². The third-order valence-electron chi connectivity index (χ3n) is 2.88. The molecule has 4 heteroatoms. The van der Waals surface area contributed by atoms with Gasteiger partial charge < -0.3 is 4.90 Å². The first-order chi connectivity index (χ1) is 7.27. The maximum absolute atomic E-state index is 4.27. The average Bonchev–Trinajstić information content (AvgIpc) is 2.30. The van der Waals surface area contributed by atoms with E-state index in [0.717, 1.165) is 32.1 Å². The summed E-state index contributed by atoms with van der Waals surface area (Å²) in [7, 11) is 0. The van der Waals surface area contributed by atoms with Gasteiger partial charge in [0, 0.05) is 44.6 Å². The number of hydrogen-bond donors (Lipinski definition) is 0. The van der Waals surface area contributed by atoms with Gasteiger partial charge in [-0.2, -0.15) is 0 Å². The molecule has 1 aliphatic heterocycles. The van der Waals surface area contributed by atoms with Crippen molar-refractivity contribution in [2.75, 3.05) is 31.1 Å². The summed E-state index contributed by atoms with van der Waals surface area (Å²) in [5.74, 6) is 0.862. The Labute approximate surface area is 90.9 Å². The Morgan fingerprint density at radius 3 is 2.20 bits per heavy atom. The molecule has 0 aliphatic carbocycles. The Kier molecular flexibility index (Phi) is 3.16. The molecule has 0 saturated carbocycles. The number of aromatic nitrogens is 2. The van der Waals surface area contributed by atoms with Crippen LogP contribution in [0.1, 0.15) is 13.8 Å². The molecule has 82 valence electrons. The van der Waals surface area contributed by atoms with Crippen molar-refractivity contribution in [2.45, 2.75) is 19.9 Å². The molecule has 2 rings (SSSR count). The first-order valence-corrected chi connectivity index (χ1v) is 5.53. The Bertz CT molecular complexity index is 291. The van der Waals surface area contributed by atoms with Crippen LogP contribution >= 0.6 is 0 Å². The van der Waals surface area contributed by atoms with E-state index in [9.17, 15) is 0 Å². The molecule has 1 aliphatic rings. The van der Waals surface area contributed by atoms with E-state index in [0.29, 0.717) is 6.04 Å². The van der Waals surface area contributed by atoms with E-state index >= 15 is 0 Å². The smallest absolute Gasteiger partial charge is 0.225 e. The molecule has 1 aromatic heterocycles. The number of nitrogens with zero attached hydrogens (tertiary/aromatic N) is 4. The molecule has 0 spiro atoms. The molecule has 0 N–H and O–H groups in total. The zero-order chi connectivity index (χ0) is 10.7. The lowest BCUT2D eigenvalue weighted by atomic mass is 10.2. The van der Waals surface area contributed by atoms with Gasteiger partial charge in [0.15, 0.2) is 0 Å². The molecular weight excluding hydrogens is 188 g/mol. The maximum atomic E-state index is 4.27. The van der Waals surface area contributed by atoms with Crippen LogP contribution in [-0.4, -0.2) is 47.1 Å². The molecule has 1 aromatic rings. The van der Waals surface area contributed by atoms with Crippen LogP contribution in [0.15, 0.2) is 18.5 Å². The molecule has 4 nitrogen and oxygen atoms in total. The highest BCUT2D eigenvalue weighted by molar-refractivity contribution is 5.29. The van der Waals surface area contributed by atoms with Gasteiger partial charge in [-0.15, -0.1) is 0 Å². The minimum Gasteiger partial charge on any atom is -0.338 e. The van der Waals surface area contributed by atoms with Crippen molar-refractivity contribution in [1.29, 1.82) is 0 Å². The number of anilines is 1. The molecule has 0 atom stereocenters. The second kappa shape index (κ2) is 4.57. The number of rotatable bonds is 2. The van der Waals surface area contributed by atoms with E-state index in [1.807, 2.05) is 6.07 Å². The minimum atomic E-state index is 0.642. The third kappa shape index (κ3) is 2.45. The molecule has 0 bridgehead atoms. The largest absolute Gasteiger partial charge is 0.338 e. The van der Waals surface area contributed by atoms with Crippen molar-refractivity contribution in [3.05, 3.63) is 18.5 Å². The van der Waals surface area contributed by atoms with Gasteiger partial charge in [0.25, 0.3) is 0 Å². The first-order valence-electron chi connectivity index (χ1n) is 5.53. The summed E-state index contributed by atoms with van der Waals surface area (Å²) < 4.78 is 0. The molecule has 0 amide bonds. The van der Waals surface area contributed by atoms with Gasteiger partial charge in [-0.05, 0) is 19.9 Å². The highest BCUT2D eigenvalue weighted by Crippen LogP contribution is 2.11. The van der Waals surface area contributed by atoms with E-state index in [1.54, 1.807) is 12.4 Å². The summed E-state index contributed by atoms with van der Waals surface area (Å²) in [5, 5.41) is 0. The first kappa shape index (κ1) is 10.4. The Morgan fingerprint density at radius 1 is 1.07 bits per heavy atom. The average molecular weight is 206 g/mol. The molecule has 15 heavy (non-hydrogen) atoms. The summed E-state index contributed by atoms with van der Waals surface area (Å²) in [6.45, 7) is 8.76. The zero-order valence-corrected chi connectivity index (χ0v) is 9.43. The lowest BCUT2D eigenvalue weighted by Gasteiger charge is -2.36. The quantitative estimate of drug-likeness (QED) is 0.723. The summed E-state index contributed by atoms with van der Waals surface area (Å²) >= 11 is 0. The molecule has 0 unspecified atom stereocenters. The van der Waals surface area contributed by atoms with Crippen molar-refractivity contribution in [2.24, 2.45) is 0 Å². The van der Waals surface area contributed by atoms with Gasteiger partial charge >= 0.3 is 0 Å². The van der Waals surface area contributed by atoms with Crippen molar-refractivity contribution in [3.8, 4) is 0 Å². The predicted molar refractivity (Wildman–Crippen MR) is 61.0 cm³/mol. The maximum Gasteiger partial charge on any atom is 0.225 e. The van der Waals surface area contributed by atoms with Crippen molar-refractivity contribution < 1.29 is 0 Å². The molecule has 2 heterocycles. The number of piperazine rings is 1. The van der Waals surface area contributed by atoms with Crippen LogP contribution in [0, 0.1) is 0 Å². The van der Waals surface area contributed by atoms with Gasteiger partial charge in [-0.3, -0.25) is 4.90 Å². The van der Waals surface area contributed by atoms with Gasteiger partial charge in [0.1, 0.15) is 0 Å². The van der Waals surface area contributed by atoms with E-state index in [-0.39, 0.29) is 0 Å². The summed E-state index contributed by atoms with van der Waals surface area (Å²) in [5.41, 5.74) is 0. The number of hydrogen-bond acceptors (Lipinski definition) is 4. The van der Waals surface area contributed by atoms with Crippen molar-refractivity contribution in [3.63, 3.8) is 0 Å². The van der Waals surface area contributed by atoms with Crippen LogP contribution in [0.4, 0.5) is 5.95 Å². The second-order valence-corrected chi connectivity index (χ2v) is 4.17. The molecule has 0 radical (unpaired) electrons. The van der Waals surface area contributed by atoms with Crippen molar-refractivity contribution >= 4 is 5.95 Å². The summed E-state index contributed by atoms with van der Waals surface area (Å²) in [6, 6.07) is 2.50. The standard InChI is InChI=1S/C11H18N4/c1-10(2)14-6-8-15(9-7-14)11-12-4-3-5-13-11/h3-5,10H,6-9H2,1-2H3. The second-order valence-electron chi connectivity index (χ2n) is 4.17. The van der Waals surface area contributed by atoms with Gasteiger partial charge in [0.05, 0.1) is 0 Å². The van der Waals surface area contributed by atoms with E-state index in [1.165, 1.54) is 0 Å². The fourth-order valence-corrected chi connectivity index (χ4v) is 1.89. The van der Waals surface area contributed by atoms with E-state index in [4.69, 9.17) is 0 Å². The highest BCUT2D eigenvalue weighted by atomic mass is 15.3. The molecule has 1 fully saturated rings. The topological polar surface area (TPSA) is 32.3 Å². The van der Waals surface area contributed by atoms with Crippen LogP contribution in [0.25, 0.3) is 0 Å². The van der Waals surface area contributed by atoms with Crippen LogP contribution in [0.3, 0.4) is 0 Å². The van der Waals surface area contributed by atoms with Gasteiger partial charge in [0.2, 0.25) is 5.95 Å². The fourth-order valence-electron chi connectivity index (χ4n) is 1.89. The Hall–Kier alpha value is -1.16. The fraction of sp³-hybridized carbons (Fsp3) is 0.636. The normalized spacial score (nSPS) is 18.5. The molecule has 1 saturated heterocycles.